The molecule has 0 aliphatic rings. The standard InChI is InChI=1S/C13H28N4O/c1-6-11(5)17-12(18)8-9-15-13(14-7-2)16-10(3)4/h10-11H,6-9H2,1-5H3,(H,17,18)(H2,14,15,16). The lowest BCUT2D eigenvalue weighted by Crippen LogP contribution is -2.41. The smallest absolute Gasteiger partial charge is 0.222 e. The minimum atomic E-state index is 0.0634. The lowest BCUT2D eigenvalue weighted by atomic mass is 10.2. The molecule has 18 heavy (non-hydrogen) atoms. The van der Waals surface area contributed by atoms with Crippen molar-refractivity contribution in [2.24, 2.45) is 4.99 Å². The molecule has 0 rings (SSSR count). The van der Waals surface area contributed by atoms with Gasteiger partial charge in [-0.3, -0.25) is 9.79 Å². The van der Waals surface area contributed by atoms with Crippen LogP contribution in [0.15, 0.2) is 4.99 Å². The van der Waals surface area contributed by atoms with Crippen LogP contribution in [0.25, 0.3) is 0 Å². The van der Waals surface area contributed by atoms with Gasteiger partial charge in [0.25, 0.3) is 0 Å². The molecule has 5 nitrogen and oxygen atoms in total. The molecule has 0 heterocycles. The van der Waals surface area contributed by atoms with Gasteiger partial charge in [-0.2, -0.15) is 0 Å². The Morgan fingerprint density at radius 1 is 1.17 bits per heavy atom. The van der Waals surface area contributed by atoms with Crippen LogP contribution in [0, 0.1) is 0 Å². The van der Waals surface area contributed by atoms with Gasteiger partial charge in [0, 0.05) is 25.0 Å². The van der Waals surface area contributed by atoms with Crippen LogP contribution in [0.4, 0.5) is 0 Å². The average Bonchev–Trinajstić information content (AvgIpc) is 2.28. The number of carbonyl (C=O) groups is 1. The van der Waals surface area contributed by atoms with Crippen molar-refractivity contribution >= 4 is 11.9 Å². The molecule has 5 heteroatoms. The quantitative estimate of drug-likeness (QED) is 0.474. The summed E-state index contributed by atoms with van der Waals surface area (Å²) in [6.07, 6.45) is 1.38. The Labute approximate surface area is 111 Å². The zero-order valence-corrected chi connectivity index (χ0v) is 12.3. The van der Waals surface area contributed by atoms with Crippen LogP contribution in [0.2, 0.25) is 0 Å². The summed E-state index contributed by atoms with van der Waals surface area (Å²) in [4.78, 5) is 15.9. The van der Waals surface area contributed by atoms with Crippen molar-refractivity contribution in [3.05, 3.63) is 0 Å². The molecule has 0 aromatic rings. The van der Waals surface area contributed by atoms with E-state index < -0.39 is 0 Å². The predicted octanol–water partition coefficient (Wildman–Crippen LogP) is 1.25. The summed E-state index contributed by atoms with van der Waals surface area (Å²) in [5.74, 6) is 0.831. The Balaban J connectivity index is 4.04. The Morgan fingerprint density at radius 3 is 2.33 bits per heavy atom. The summed E-state index contributed by atoms with van der Waals surface area (Å²) in [7, 11) is 0. The Kier molecular flexibility index (Phi) is 9.06. The van der Waals surface area contributed by atoms with Crippen molar-refractivity contribution in [2.75, 3.05) is 13.1 Å². The Hall–Kier alpha value is -1.26. The summed E-state index contributed by atoms with van der Waals surface area (Å²) in [5.41, 5.74) is 0. The van der Waals surface area contributed by atoms with Gasteiger partial charge in [-0.1, -0.05) is 6.92 Å². The fraction of sp³-hybridized carbons (Fsp3) is 0.846. The highest BCUT2D eigenvalue weighted by Crippen LogP contribution is 1.90. The topological polar surface area (TPSA) is 65.5 Å². The Morgan fingerprint density at radius 2 is 1.83 bits per heavy atom. The fourth-order valence-corrected chi connectivity index (χ4v) is 1.31. The molecule has 0 fully saturated rings. The van der Waals surface area contributed by atoms with Crippen molar-refractivity contribution in [3.8, 4) is 0 Å². The van der Waals surface area contributed by atoms with Gasteiger partial charge in [-0.15, -0.1) is 0 Å². The van der Waals surface area contributed by atoms with Gasteiger partial charge in [0.1, 0.15) is 0 Å². The largest absolute Gasteiger partial charge is 0.357 e. The fourth-order valence-electron chi connectivity index (χ4n) is 1.31. The lowest BCUT2D eigenvalue weighted by molar-refractivity contribution is -0.121. The minimum Gasteiger partial charge on any atom is -0.357 e. The van der Waals surface area contributed by atoms with E-state index in [1.807, 2.05) is 13.8 Å². The first-order valence-corrected chi connectivity index (χ1v) is 6.83. The highest BCUT2D eigenvalue weighted by molar-refractivity contribution is 5.81. The molecule has 106 valence electrons. The van der Waals surface area contributed by atoms with Gasteiger partial charge >= 0.3 is 0 Å². The molecule has 0 saturated carbocycles. The van der Waals surface area contributed by atoms with Crippen LogP contribution in [-0.4, -0.2) is 37.0 Å². The highest BCUT2D eigenvalue weighted by Gasteiger charge is 2.05. The maximum atomic E-state index is 11.6. The number of nitrogens with zero attached hydrogens (tertiary/aromatic N) is 1. The van der Waals surface area contributed by atoms with E-state index in [-0.39, 0.29) is 11.9 Å². The SMILES string of the molecule is CCNC(=NCCC(=O)NC(C)CC)NC(C)C. The maximum absolute atomic E-state index is 11.6. The third kappa shape index (κ3) is 8.84. The van der Waals surface area contributed by atoms with E-state index in [0.29, 0.717) is 19.0 Å². The van der Waals surface area contributed by atoms with Gasteiger partial charge in [0.15, 0.2) is 5.96 Å². The van der Waals surface area contributed by atoms with E-state index in [1.165, 1.54) is 0 Å². The van der Waals surface area contributed by atoms with Gasteiger partial charge < -0.3 is 16.0 Å². The number of hydrogen-bond donors (Lipinski definition) is 3. The van der Waals surface area contributed by atoms with Crippen molar-refractivity contribution in [3.63, 3.8) is 0 Å². The Bertz CT molecular complexity index is 264. The molecule has 0 radical (unpaired) electrons. The number of rotatable bonds is 7. The average molecular weight is 256 g/mol. The number of amides is 1. The van der Waals surface area contributed by atoms with Gasteiger partial charge in [0.05, 0.1) is 6.54 Å². The molecule has 0 aromatic carbocycles. The zero-order chi connectivity index (χ0) is 14.0. The third-order valence-corrected chi connectivity index (χ3v) is 2.40. The second-order valence-corrected chi connectivity index (χ2v) is 4.69. The van der Waals surface area contributed by atoms with E-state index in [4.69, 9.17) is 0 Å². The van der Waals surface area contributed by atoms with Crippen molar-refractivity contribution < 1.29 is 4.79 Å². The molecule has 0 aliphatic heterocycles. The van der Waals surface area contributed by atoms with Crippen LogP contribution in [0.1, 0.15) is 47.5 Å². The number of carbonyl (C=O) groups excluding carboxylic acids is 1. The highest BCUT2D eigenvalue weighted by atomic mass is 16.1. The molecule has 0 aromatic heterocycles. The van der Waals surface area contributed by atoms with Crippen LogP contribution in [-0.2, 0) is 4.79 Å². The summed E-state index contributed by atoms with van der Waals surface area (Å²) in [6, 6.07) is 0.570. The molecule has 0 spiro atoms. The first-order chi connectivity index (χ1) is 8.49. The number of nitrogens with one attached hydrogen (secondary N) is 3. The third-order valence-electron chi connectivity index (χ3n) is 2.40. The van der Waals surface area contributed by atoms with Crippen LogP contribution < -0.4 is 16.0 Å². The van der Waals surface area contributed by atoms with Crippen molar-refractivity contribution in [1.29, 1.82) is 0 Å². The van der Waals surface area contributed by atoms with Crippen LogP contribution in [0.3, 0.4) is 0 Å². The van der Waals surface area contributed by atoms with Crippen LogP contribution in [0.5, 0.6) is 0 Å². The van der Waals surface area contributed by atoms with Crippen molar-refractivity contribution in [1.82, 2.24) is 16.0 Å². The lowest BCUT2D eigenvalue weighted by Gasteiger charge is -2.14. The monoisotopic (exact) mass is 256 g/mol. The van der Waals surface area contributed by atoms with E-state index in [2.05, 4.69) is 41.7 Å². The van der Waals surface area contributed by atoms with E-state index >= 15 is 0 Å². The first-order valence-electron chi connectivity index (χ1n) is 6.83. The molecule has 1 unspecified atom stereocenters. The zero-order valence-electron chi connectivity index (χ0n) is 12.3. The van der Waals surface area contributed by atoms with Crippen LogP contribution >= 0.6 is 0 Å². The summed E-state index contributed by atoms with van der Waals surface area (Å²) < 4.78 is 0. The second kappa shape index (κ2) is 9.74. The van der Waals surface area contributed by atoms with Crippen molar-refractivity contribution in [2.45, 2.75) is 59.5 Å². The van der Waals surface area contributed by atoms with E-state index in [9.17, 15) is 4.79 Å². The summed E-state index contributed by atoms with van der Waals surface area (Å²) in [5, 5.41) is 9.29. The minimum absolute atomic E-state index is 0.0634. The molecule has 0 bridgehead atoms. The molecule has 0 saturated heterocycles. The molecule has 1 atom stereocenters. The molecule has 3 N–H and O–H groups in total. The predicted molar refractivity (Wildman–Crippen MR) is 76.8 cm³/mol. The normalized spacial score (nSPS) is 13.3. The van der Waals surface area contributed by atoms with Gasteiger partial charge in [-0.25, -0.2) is 0 Å². The number of aliphatic imine (C=N–C) groups is 1. The second-order valence-electron chi connectivity index (χ2n) is 4.69. The summed E-state index contributed by atoms with van der Waals surface area (Å²) >= 11 is 0. The molecular formula is C13H28N4O. The van der Waals surface area contributed by atoms with Gasteiger partial charge in [-0.05, 0) is 34.1 Å². The maximum Gasteiger partial charge on any atom is 0.222 e. The molecule has 0 aliphatic carbocycles. The summed E-state index contributed by atoms with van der Waals surface area (Å²) in [6.45, 7) is 11.5. The number of guanidine groups is 1. The van der Waals surface area contributed by atoms with Gasteiger partial charge in [0.2, 0.25) is 5.91 Å². The van der Waals surface area contributed by atoms with E-state index in [1.54, 1.807) is 0 Å². The van der Waals surface area contributed by atoms with E-state index in [0.717, 1.165) is 18.9 Å². The molecule has 1 amide bonds. The first kappa shape index (κ1) is 16.7. The molecular weight excluding hydrogens is 228 g/mol. The number of hydrogen-bond acceptors (Lipinski definition) is 2.